The molecule has 0 amide bonds. The molecule has 1 aliphatic carbocycles. The van der Waals surface area contributed by atoms with E-state index >= 15 is 0 Å². The van der Waals surface area contributed by atoms with Crippen molar-refractivity contribution in [1.82, 2.24) is 0 Å². The molecule has 13 heavy (non-hydrogen) atoms. The highest BCUT2D eigenvalue weighted by Gasteiger charge is 2.40. The van der Waals surface area contributed by atoms with Crippen molar-refractivity contribution in [3.05, 3.63) is 0 Å². The van der Waals surface area contributed by atoms with E-state index in [0.717, 1.165) is 12.8 Å². The summed E-state index contributed by atoms with van der Waals surface area (Å²) in [4.78, 5) is 0. The first kappa shape index (κ1) is 9.40. The van der Waals surface area contributed by atoms with Crippen molar-refractivity contribution in [3.8, 4) is 0 Å². The number of halogens is 1. The van der Waals surface area contributed by atoms with E-state index in [1.165, 1.54) is 0 Å². The maximum absolute atomic E-state index is 12.8. The van der Waals surface area contributed by atoms with E-state index < -0.39 is 21.6 Å². The van der Waals surface area contributed by atoms with Crippen LogP contribution in [-0.4, -0.2) is 26.4 Å². The number of hydrogen-bond acceptors (Lipinski definition) is 3. The van der Waals surface area contributed by atoms with Gasteiger partial charge in [0.05, 0.1) is 6.10 Å². The summed E-state index contributed by atoms with van der Waals surface area (Å²) in [5.74, 6) is 0.447. The highest BCUT2D eigenvalue weighted by atomic mass is 32.3. The molecule has 0 N–H and O–H groups in total. The molecule has 2 bridgehead atoms. The molecular weight excluding hydrogens is 195 g/mol. The highest BCUT2D eigenvalue weighted by Crippen LogP contribution is 2.34. The molecule has 76 valence electrons. The minimum Gasteiger partial charge on any atom is -0.376 e. The van der Waals surface area contributed by atoms with Crippen LogP contribution >= 0.6 is 0 Å². The first-order valence-corrected chi connectivity index (χ1v) is 6.07. The summed E-state index contributed by atoms with van der Waals surface area (Å²) in [7, 11) is -4.41. The Morgan fingerprint density at radius 3 is 2.38 bits per heavy atom. The van der Waals surface area contributed by atoms with Crippen molar-refractivity contribution < 1.29 is 17.0 Å². The van der Waals surface area contributed by atoms with Crippen LogP contribution in [0, 0.1) is 5.92 Å². The molecule has 2 heterocycles. The maximum Gasteiger partial charge on any atom is 0.307 e. The van der Waals surface area contributed by atoms with Crippen molar-refractivity contribution >= 4 is 10.2 Å². The molecule has 1 saturated carbocycles. The fraction of sp³-hybridized carbons (Fsp3) is 1.00. The Hall–Kier alpha value is -0.160. The summed E-state index contributed by atoms with van der Waals surface area (Å²) in [6.07, 6.45) is 2.49. The number of ether oxygens (including phenoxy) is 1. The molecule has 0 aromatic rings. The molecule has 3 fully saturated rings. The van der Waals surface area contributed by atoms with E-state index in [4.69, 9.17) is 4.74 Å². The van der Waals surface area contributed by atoms with Gasteiger partial charge < -0.3 is 4.74 Å². The first-order chi connectivity index (χ1) is 6.07. The average molecular weight is 208 g/mol. The quantitative estimate of drug-likeness (QED) is 0.609. The Morgan fingerprint density at radius 2 is 1.85 bits per heavy atom. The van der Waals surface area contributed by atoms with Crippen LogP contribution in [0.5, 0.6) is 0 Å². The van der Waals surface area contributed by atoms with Crippen LogP contribution in [0.15, 0.2) is 0 Å². The lowest BCUT2D eigenvalue weighted by Gasteiger charge is -2.25. The first-order valence-electron chi connectivity index (χ1n) is 4.62. The Morgan fingerprint density at radius 1 is 1.15 bits per heavy atom. The van der Waals surface area contributed by atoms with Crippen molar-refractivity contribution in [1.29, 1.82) is 0 Å². The van der Waals surface area contributed by atoms with Crippen LogP contribution in [0.4, 0.5) is 3.89 Å². The van der Waals surface area contributed by atoms with Crippen LogP contribution in [0.1, 0.15) is 25.7 Å². The summed E-state index contributed by atoms with van der Waals surface area (Å²) in [6.45, 7) is 0.608. The predicted molar refractivity (Wildman–Crippen MR) is 45.5 cm³/mol. The van der Waals surface area contributed by atoms with E-state index in [1.54, 1.807) is 0 Å². The number of rotatable bonds is 1. The van der Waals surface area contributed by atoms with Gasteiger partial charge in [0.1, 0.15) is 5.25 Å². The molecule has 5 heteroatoms. The SMILES string of the molecule is O=S(=O)(F)C1CCC2CCC1OC2. The third kappa shape index (κ3) is 1.86. The van der Waals surface area contributed by atoms with Gasteiger partial charge in [0.2, 0.25) is 0 Å². The molecule has 0 aromatic carbocycles. The number of fused-ring (bicyclic) bond motifs is 4. The largest absolute Gasteiger partial charge is 0.376 e. The zero-order chi connectivity index (χ0) is 9.47. The average Bonchev–Trinajstić information content (AvgIpc) is 2.34. The molecular formula is C8H13FO3S. The van der Waals surface area contributed by atoms with Crippen molar-refractivity contribution in [3.63, 3.8) is 0 Å². The second-order valence-corrected chi connectivity index (χ2v) is 5.46. The Kier molecular flexibility index (Phi) is 2.32. The van der Waals surface area contributed by atoms with Crippen molar-refractivity contribution in [2.45, 2.75) is 37.0 Å². The number of hydrogen-bond donors (Lipinski definition) is 0. The predicted octanol–water partition coefficient (Wildman–Crippen LogP) is 1.24. The third-order valence-corrected chi connectivity index (χ3v) is 4.30. The van der Waals surface area contributed by atoms with Crippen LogP contribution < -0.4 is 0 Å². The molecule has 3 nitrogen and oxygen atoms in total. The van der Waals surface area contributed by atoms with Gasteiger partial charge in [-0.05, 0) is 31.6 Å². The molecule has 3 rings (SSSR count). The summed E-state index contributed by atoms with van der Waals surface area (Å²) in [6, 6.07) is 0. The van der Waals surface area contributed by atoms with Crippen LogP contribution in [0.25, 0.3) is 0 Å². The van der Waals surface area contributed by atoms with Crippen molar-refractivity contribution in [2.24, 2.45) is 5.92 Å². The van der Waals surface area contributed by atoms with Crippen LogP contribution in [0.3, 0.4) is 0 Å². The third-order valence-electron chi connectivity index (χ3n) is 3.04. The van der Waals surface area contributed by atoms with Crippen molar-refractivity contribution in [2.75, 3.05) is 6.61 Å². The van der Waals surface area contributed by atoms with Gasteiger partial charge in [0, 0.05) is 6.61 Å². The van der Waals surface area contributed by atoms with Crippen LogP contribution in [0.2, 0.25) is 0 Å². The smallest absolute Gasteiger partial charge is 0.307 e. The summed E-state index contributed by atoms with van der Waals surface area (Å²) in [5, 5.41) is -0.903. The second kappa shape index (κ2) is 3.20. The molecule has 0 radical (unpaired) electrons. The molecule has 3 aliphatic rings. The Labute approximate surface area is 77.5 Å². The fourth-order valence-corrected chi connectivity index (χ4v) is 3.25. The summed E-state index contributed by atoms with van der Waals surface area (Å²) < 4.78 is 39.7. The molecule has 2 saturated heterocycles. The zero-order valence-electron chi connectivity index (χ0n) is 7.28. The van der Waals surface area contributed by atoms with Crippen LogP contribution in [-0.2, 0) is 15.0 Å². The summed E-state index contributed by atoms with van der Waals surface area (Å²) >= 11 is 0. The van der Waals surface area contributed by atoms with Gasteiger partial charge in [0.15, 0.2) is 0 Å². The minimum atomic E-state index is -4.41. The Bertz CT molecular complexity index is 280. The minimum absolute atomic E-state index is 0.395. The van der Waals surface area contributed by atoms with E-state index in [1.807, 2.05) is 0 Å². The van der Waals surface area contributed by atoms with Gasteiger partial charge in [-0.25, -0.2) is 0 Å². The zero-order valence-corrected chi connectivity index (χ0v) is 8.10. The fourth-order valence-electron chi connectivity index (χ4n) is 2.26. The lowest BCUT2D eigenvalue weighted by atomic mass is 10.00. The Balaban J connectivity index is 2.21. The normalized spacial score (nSPS) is 40.2. The van der Waals surface area contributed by atoms with E-state index in [2.05, 4.69) is 0 Å². The van der Waals surface area contributed by atoms with Gasteiger partial charge in [-0.15, -0.1) is 3.89 Å². The monoisotopic (exact) mass is 208 g/mol. The maximum atomic E-state index is 12.8. The molecule has 3 atom stereocenters. The van der Waals surface area contributed by atoms with E-state index in [0.29, 0.717) is 25.4 Å². The lowest BCUT2D eigenvalue weighted by molar-refractivity contribution is -0.000354. The van der Waals surface area contributed by atoms with E-state index in [9.17, 15) is 12.3 Å². The molecule has 3 unspecified atom stereocenters. The van der Waals surface area contributed by atoms with Gasteiger partial charge in [-0.1, -0.05) is 0 Å². The topological polar surface area (TPSA) is 43.4 Å². The molecule has 2 aliphatic heterocycles. The van der Waals surface area contributed by atoms with Gasteiger partial charge >= 0.3 is 10.2 Å². The second-order valence-electron chi connectivity index (χ2n) is 3.91. The molecule has 0 spiro atoms. The van der Waals surface area contributed by atoms with Gasteiger partial charge in [-0.3, -0.25) is 0 Å². The highest BCUT2D eigenvalue weighted by molar-refractivity contribution is 7.87. The molecule has 0 aromatic heterocycles. The standard InChI is InChI=1S/C8H13FO3S/c9-13(10,11)8-4-2-6-1-3-7(8)12-5-6/h6-8H,1-5H2. The van der Waals surface area contributed by atoms with E-state index in [-0.39, 0.29) is 0 Å². The van der Waals surface area contributed by atoms with Gasteiger partial charge in [-0.2, -0.15) is 8.42 Å². The summed E-state index contributed by atoms with van der Waals surface area (Å²) in [5.41, 5.74) is 0. The lowest BCUT2D eigenvalue weighted by Crippen LogP contribution is -2.34. The van der Waals surface area contributed by atoms with Gasteiger partial charge in [0.25, 0.3) is 0 Å².